The second-order valence-electron chi connectivity index (χ2n) is 5.60. The Bertz CT molecular complexity index is 762. The van der Waals surface area contributed by atoms with Gasteiger partial charge < -0.3 is 4.42 Å². The molecule has 1 aliphatic rings. The molecule has 0 N–H and O–H groups in total. The first-order valence-electron chi connectivity index (χ1n) is 7.34. The predicted octanol–water partition coefficient (Wildman–Crippen LogP) is 2.25. The van der Waals surface area contributed by atoms with Crippen LogP contribution in [0.1, 0.15) is 36.1 Å². The zero-order valence-corrected chi connectivity index (χ0v) is 13.5. The Kier molecular flexibility index (Phi) is 4.01. The number of hydrogen-bond donors (Lipinski definition) is 0. The number of sulfonamides is 1. The van der Waals surface area contributed by atoms with Gasteiger partial charge in [-0.05, 0) is 31.4 Å². The summed E-state index contributed by atoms with van der Waals surface area (Å²) in [6.45, 7) is 4.53. The van der Waals surface area contributed by atoms with Gasteiger partial charge in [-0.25, -0.2) is 8.42 Å². The Morgan fingerprint density at radius 1 is 1.14 bits per heavy atom. The van der Waals surface area contributed by atoms with Crippen molar-refractivity contribution < 1.29 is 12.8 Å². The van der Waals surface area contributed by atoms with E-state index in [1.54, 1.807) is 23.4 Å². The molecule has 118 valence electrons. The summed E-state index contributed by atoms with van der Waals surface area (Å²) in [7, 11) is -3.43. The molecule has 0 radical (unpaired) electrons. The third-order valence-corrected chi connectivity index (χ3v) is 6.12. The van der Waals surface area contributed by atoms with Gasteiger partial charge in [-0.15, -0.1) is 10.2 Å². The van der Waals surface area contributed by atoms with E-state index in [0.717, 1.165) is 5.56 Å². The van der Waals surface area contributed by atoms with Crippen LogP contribution in [0.5, 0.6) is 0 Å². The monoisotopic (exact) mass is 321 g/mol. The van der Waals surface area contributed by atoms with Crippen molar-refractivity contribution in [3.8, 4) is 0 Å². The third kappa shape index (κ3) is 2.78. The first kappa shape index (κ1) is 15.2. The van der Waals surface area contributed by atoms with E-state index < -0.39 is 10.0 Å². The predicted molar refractivity (Wildman–Crippen MR) is 80.9 cm³/mol. The SMILES string of the molecule is Cc1nnc(C2CCN(S(=O)(=O)c3ccccc3C)CC2)o1. The van der Waals surface area contributed by atoms with Crippen LogP contribution < -0.4 is 0 Å². The van der Waals surface area contributed by atoms with Crippen molar-refractivity contribution >= 4 is 10.0 Å². The molecule has 0 saturated carbocycles. The van der Waals surface area contributed by atoms with Crippen molar-refractivity contribution in [2.75, 3.05) is 13.1 Å². The van der Waals surface area contributed by atoms with Gasteiger partial charge >= 0.3 is 0 Å². The Hall–Kier alpha value is -1.73. The summed E-state index contributed by atoms with van der Waals surface area (Å²) in [6.07, 6.45) is 1.40. The smallest absolute Gasteiger partial charge is 0.243 e. The number of rotatable bonds is 3. The highest BCUT2D eigenvalue weighted by Crippen LogP contribution is 2.30. The lowest BCUT2D eigenvalue weighted by molar-refractivity contribution is 0.287. The van der Waals surface area contributed by atoms with Gasteiger partial charge in [0.15, 0.2) is 0 Å². The van der Waals surface area contributed by atoms with Gasteiger partial charge in [-0.3, -0.25) is 0 Å². The molecule has 1 saturated heterocycles. The first-order valence-corrected chi connectivity index (χ1v) is 8.78. The number of nitrogens with zero attached hydrogens (tertiary/aromatic N) is 3. The Balaban J connectivity index is 1.75. The Morgan fingerprint density at radius 2 is 1.82 bits per heavy atom. The summed E-state index contributed by atoms with van der Waals surface area (Å²) in [5, 5.41) is 7.88. The van der Waals surface area contributed by atoms with Crippen LogP contribution in [-0.2, 0) is 10.0 Å². The van der Waals surface area contributed by atoms with Crippen LogP contribution in [0.4, 0.5) is 0 Å². The normalized spacial score (nSPS) is 17.7. The molecule has 2 heterocycles. The lowest BCUT2D eigenvalue weighted by Gasteiger charge is -2.30. The largest absolute Gasteiger partial charge is 0.425 e. The average molecular weight is 321 g/mol. The molecule has 6 nitrogen and oxygen atoms in total. The maximum Gasteiger partial charge on any atom is 0.243 e. The highest BCUT2D eigenvalue weighted by atomic mass is 32.2. The zero-order valence-electron chi connectivity index (χ0n) is 12.7. The standard InChI is InChI=1S/C15H19N3O3S/c1-11-5-3-4-6-14(11)22(19,20)18-9-7-13(8-10-18)15-17-16-12(2)21-15/h3-6,13H,7-10H2,1-2H3. The second kappa shape index (κ2) is 5.81. The minimum absolute atomic E-state index is 0.143. The van der Waals surface area contributed by atoms with Crippen LogP contribution in [-0.4, -0.2) is 36.0 Å². The molecule has 1 fully saturated rings. The van der Waals surface area contributed by atoms with Crippen LogP contribution in [0.15, 0.2) is 33.6 Å². The first-order chi connectivity index (χ1) is 10.5. The van der Waals surface area contributed by atoms with Crippen LogP contribution >= 0.6 is 0 Å². The van der Waals surface area contributed by atoms with E-state index >= 15 is 0 Å². The average Bonchev–Trinajstić information content (AvgIpc) is 2.94. The van der Waals surface area contributed by atoms with Gasteiger partial charge in [-0.2, -0.15) is 4.31 Å². The van der Waals surface area contributed by atoms with Crippen LogP contribution in [0.2, 0.25) is 0 Å². The van der Waals surface area contributed by atoms with Crippen molar-refractivity contribution in [2.45, 2.75) is 37.5 Å². The summed E-state index contributed by atoms with van der Waals surface area (Å²) in [5.74, 6) is 1.31. The second-order valence-corrected chi connectivity index (χ2v) is 7.51. The van der Waals surface area contributed by atoms with Crippen LogP contribution in [0.25, 0.3) is 0 Å². The lowest BCUT2D eigenvalue weighted by atomic mass is 9.98. The Labute approximate surface area is 130 Å². The third-order valence-electron chi connectivity index (χ3n) is 4.06. The molecule has 0 atom stereocenters. The fourth-order valence-corrected chi connectivity index (χ4v) is 4.50. The van der Waals surface area contributed by atoms with E-state index in [0.29, 0.717) is 42.6 Å². The van der Waals surface area contributed by atoms with E-state index in [4.69, 9.17) is 4.42 Å². The van der Waals surface area contributed by atoms with Gasteiger partial charge in [-0.1, -0.05) is 18.2 Å². The molecule has 22 heavy (non-hydrogen) atoms. The highest BCUT2D eigenvalue weighted by Gasteiger charge is 2.32. The molecular weight excluding hydrogens is 302 g/mol. The lowest BCUT2D eigenvalue weighted by Crippen LogP contribution is -2.38. The van der Waals surface area contributed by atoms with E-state index in [1.807, 2.05) is 19.1 Å². The van der Waals surface area contributed by atoms with Gasteiger partial charge in [0.1, 0.15) is 0 Å². The van der Waals surface area contributed by atoms with Gasteiger partial charge in [0, 0.05) is 25.9 Å². The minimum atomic E-state index is -3.43. The summed E-state index contributed by atoms with van der Waals surface area (Å²) in [6, 6.07) is 7.09. The summed E-state index contributed by atoms with van der Waals surface area (Å²) in [5.41, 5.74) is 0.775. The zero-order chi connectivity index (χ0) is 15.7. The number of aromatic nitrogens is 2. The highest BCUT2D eigenvalue weighted by molar-refractivity contribution is 7.89. The topological polar surface area (TPSA) is 76.3 Å². The molecular formula is C15H19N3O3S. The minimum Gasteiger partial charge on any atom is -0.425 e. The maximum absolute atomic E-state index is 12.7. The number of aryl methyl sites for hydroxylation is 2. The van der Waals surface area contributed by atoms with E-state index in [1.165, 1.54) is 0 Å². The summed E-state index contributed by atoms with van der Waals surface area (Å²) in [4.78, 5) is 0.391. The van der Waals surface area contributed by atoms with E-state index in [-0.39, 0.29) is 5.92 Å². The molecule has 2 aromatic rings. The van der Waals surface area contributed by atoms with Crippen molar-refractivity contribution in [1.82, 2.24) is 14.5 Å². The summed E-state index contributed by atoms with van der Waals surface area (Å²) >= 11 is 0. The molecule has 0 unspecified atom stereocenters. The van der Waals surface area contributed by atoms with Crippen LogP contribution in [0.3, 0.4) is 0 Å². The number of piperidine rings is 1. The van der Waals surface area contributed by atoms with Crippen molar-refractivity contribution in [2.24, 2.45) is 0 Å². The van der Waals surface area contributed by atoms with Gasteiger partial charge in [0.05, 0.1) is 4.90 Å². The fraction of sp³-hybridized carbons (Fsp3) is 0.467. The molecule has 1 aromatic heterocycles. The number of benzene rings is 1. The van der Waals surface area contributed by atoms with E-state index in [2.05, 4.69) is 10.2 Å². The van der Waals surface area contributed by atoms with Crippen molar-refractivity contribution in [3.63, 3.8) is 0 Å². The molecule has 7 heteroatoms. The number of hydrogen-bond acceptors (Lipinski definition) is 5. The molecule has 3 rings (SSSR count). The van der Waals surface area contributed by atoms with Gasteiger partial charge in [0.25, 0.3) is 0 Å². The van der Waals surface area contributed by atoms with Crippen LogP contribution in [0, 0.1) is 13.8 Å². The molecule has 1 aromatic carbocycles. The maximum atomic E-state index is 12.7. The van der Waals surface area contributed by atoms with E-state index in [9.17, 15) is 8.42 Å². The molecule has 0 spiro atoms. The molecule has 0 aliphatic carbocycles. The molecule has 0 amide bonds. The fourth-order valence-electron chi connectivity index (χ4n) is 2.80. The molecule has 0 bridgehead atoms. The Morgan fingerprint density at radius 3 is 2.41 bits per heavy atom. The van der Waals surface area contributed by atoms with Gasteiger partial charge in [0.2, 0.25) is 21.8 Å². The quantitative estimate of drug-likeness (QED) is 0.866. The van der Waals surface area contributed by atoms with Crippen molar-refractivity contribution in [1.29, 1.82) is 0 Å². The summed E-state index contributed by atoms with van der Waals surface area (Å²) < 4.78 is 32.5. The van der Waals surface area contributed by atoms with Crippen molar-refractivity contribution in [3.05, 3.63) is 41.6 Å². The molecule has 1 aliphatic heterocycles.